The monoisotopic (exact) mass is 307 g/mol. The van der Waals surface area contributed by atoms with Gasteiger partial charge in [-0.25, -0.2) is 0 Å². The molecule has 0 fully saturated rings. The molecule has 2 rings (SSSR count). The van der Waals surface area contributed by atoms with Crippen LogP contribution in [-0.4, -0.2) is 5.91 Å². The number of hydrogen-bond acceptors (Lipinski definition) is 1. The van der Waals surface area contributed by atoms with Crippen LogP contribution >= 0.6 is 23.2 Å². The standard InChI is InChI=1S/C16H15Cl2NO/c1-2-13(11-6-4-3-5-7-11)16(20)19-15-9-8-12(17)10-14(15)18/h3-10,13H,2H2,1H3,(H,19,20). The lowest BCUT2D eigenvalue weighted by atomic mass is 9.95. The molecule has 0 saturated heterocycles. The van der Waals surface area contributed by atoms with E-state index in [0.29, 0.717) is 15.7 Å². The van der Waals surface area contributed by atoms with E-state index in [4.69, 9.17) is 23.2 Å². The number of rotatable bonds is 4. The van der Waals surface area contributed by atoms with Gasteiger partial charge < -0.3 is 5.32 Å². The van der Waals surface area contributed by atoms with E-state index in [1.165, 1.54) is 0 Å². The molecule has 20 heavy (non-hydrogen) atoms. The smallest absolute Gasteiger partial charge is 0.231 e. The predicted octanol–water partition coefficient (Wildman–Crippen LogP) is 5.13. The molecule has 0 radical (unpaired) electrons. The molecule has 0 bridgehead atoms. The minimum atomic E-state index is -0.192. The van der Waals surface area contributed by atoms with Crippen molar-refractivity contribution in [3.05, 3.63) is 64.1 Å². The molecule has 104 valence electrons. The predicted molar refractivity (Wildman–Crippen MR) is 84.6 cm³/mol. The lowest BCUT2D eigenvalue weighted by molar-refractivity contribution is -0.117. The van der Waals surface area contributed by atoms with Crippen molar-refractivity contribution in [2.75, 3.05) is 5.32 Å². The van der Waals surface area contributed by atoms with Crippen molar-refractivity contribution in [3.8, 4) is 0 Å². The average molecular weight is 308 g/mol. The second-order valence-electron chi connectivity index (χ2n) is 4.48. The molecular formula is C16H15Cl2NO. The highest BCUT2D eigenvalue weighted by atomic mass is 35.5. The van der Waals surface area contributed by atoms with E-state index in [1.54, 1.807) is 18.2 Å². The van der Waals surface area contributed by atoms with Gasteiger partial charge in [0.25, 0.3) is 0 Å². The van der Waals surface area contributed by atoms with Crippen molar-refractivity contribution in [2.24, 2.45) is 0 Å². The summed E-state index contributed by atoms with van der Waals surface area (Å²) in [5, 5.41) is 3.84. The molecule has 0 aliphatic heterocycles. The van der Waals surface area contributed by atoms with Crippen LogP contribution in [0.2, 0.25) is 10.0 Å². The van der Waals surface area contributed by atoms with Gasteiger partial charge in [-0.2, -0.15) is 0 Å². The van der Waals surface area contributed by atoms with Gasteiger partial charge in [0.2, 0.25) is 5.91 Å². The van der Waals surface area contributed by atoms with Gasteiger partial charge in [-0.05, 0) is 30.2 Å². The normalized spacial score (nSPS) is 11.9. The third kappa shape index (κ3) is 3.53. The average Bonchev–Trinajstić information content (AvgIpc) is 2.44. The van der Waals surface area contributed by atoms with Crippen LogP contribution in [0, 0.1) is 0 Å². The molecule has 2 aromatic rings. The number of hydrogen-bond donors (Lipinski definition) is 1. The number of anilines is 1. The molecule has 2 aromatic carbocycles. The van der Waals surface area contributed by atoms with Crippen LogP contribution in [0.3, 0.4) is 0 Å². The van der Waals surface area contributed by atoms with Crippen LogP contribution in [0.25, 0.3) is 0 Å². The molecule has 0 heterocycles. The van der Waals surface area contributed by atoms with Crippen molar-refractivity contribution in [3.63, 3.8) is 0 Å². The molecule has 1 amide bonds. The van der Waals surface area contributed by atoms with E-state index in [0.717, 1.165) is 12.0 Å². The topological polar surface area (TPSA) is 29.1 Å². The van der Waals surface area contributed by atoms with Crippen LogP contribution in [0.5, 0.6) is 0 Å². The first-order valence-electron chi connectivity index (χ1n) is 6.42. The van der Waals surface area contributed by atoms with Crippen LogP contribution in [-0.2, 0) is 4.79 Å². The van der Waals surface area contributed by atoms with Crippen LogP contribution in [0.15, 0.2) is 48.5 Å². The summed E-state index contributed by atoms with van der Waals surface area (Å²) in [5.74, 6) is -0.258. The lowest BCUT2D eigenvalue weighted by Gasteiger charge is -2.16. The van der Waals surface area contributed by atoms with Gasteiger partial charge in [0.15, 0.2) is 0 Å². The molecule has 0 spiro atoms. The molecule has 2 nitrogen and oxygen atoms in total. The zero-order valence-corrected chi connectivity index (χ0v) is 12.6. The van der Waals surface area contributed by atoms with Crippen molar-refractivity contribution in [2.45, 2.75) is 19.3 Å². The molecule has 0 aromatic heterocycles. The first kappa shape index (κ1) is 14.9. The van der Waals surface area contributed by atoms with Crippen LogP contribution in [0.1, 0.15) is 24.8 Å². The fourth-order valence-electron chi connectivity index (χ4n) is 2.07. The van der Waals surface area contributed by atoms with E-state index in [1.807, 2.05) is 37.3 Å². The Morgan fingerprint density at radius 2 is 1.85 bits per heavy atom. The number of carbonyl (C=O) groups excluding carboxylic acids is 1. The summed E-state index contributed by atoms with van der Waals surface area (Å²) in [4.78, 5) is 12.4. The highest BCUT2D eigenvalue weighted by Crippen LogP contribution is 2.27. The van der Waals surface area contributed by atoms with Gasteiger partial charge in [-0.15, -0.1) is 0 Å². The summed E-state index contributed by atoms with van der Waals surface area (Å²) in [6, 6.07) is 14.7. The van der Waals surface area contributed by atoms with Gasteiger partial charge in [-0.1, -0.05) is 60.5 Å². The summed E-state index contributed by atoms with van der Waals surface area (Å²) in [6.07, 6.45) is 0.723. The third-order valence-corrected chi connectivity index (χ3v) is 3.66. The van der Waals surface area contributed by atoms with E-state index < -0.39 is 0 Å². The fourth-order valence-corrected chi connectivity index (χ4v) is 2.52. The van der Waals surface area contributed by atoms with Gasteiger partial charge in [0.05, 0.1) is 16.6 Å². The Morgan fingerprint density at radius 3 is 2.45 bits per heavy atom. The number of halogens is 2. The van der Waals surface area contributed by atoms with E-state index >= 15 is 0 Å². The largest absolute Gasteiger partial charge is 0.324 e. The van der Waals surface area contributed by atoms with Gasteiger partial charge in [-0.3, -0.25) is 4.79 Å². The molecule has 1 unspecified atom stereocenters. The second-order valence-corrected chi connectivity index (χ2v) is 5.33. The number of benzene rings is 2. The maximum atomic E-state index is 12.4. The summed E-state index contributed by atoms with van der Waals surface area (Å²) < 4.78 is 0. The first-order valence-corrected chi connectivity index (χ1v) is 7.18. The third-order valence-electron chi connectivity index (χ3n) is 3.12. The minimum absolute atomic E-state index is 0.0667. The fraction of sp³-hybridized carbons (Fsp3) is 0.188. The lowest BCUT2D eigenvalue weighted by Crippen LogP contribution is -2.20. The SMILES string of the molecule is CCC(C(=O)Nc1ccc(Cl)cc1Cl)c1ccccc1. The quantitative estimate of drug-likeness (QED) is 0.834. The summed E-state index contributed by atoms with van der Waals surface area (Å²) >= 11 is 11.9. The van der Waals surface area contributed by atoms with Crippen molar-refractivity contribution in [1.29, 1.82) is 0 Å². The molecule has 0 aliphatic rings. The van der Waals surface area contributed by atoms with Crippen LogP contribution < -0.4 is 5.32 Å². The Balaban J connectivity index is 2.18. The van der Waals surface area contributed by atoms with Crippen LogP contribution in [0.4, 0.5) is 5.69 Å². The van der Waals surface area contributed by atoms with E-state index in [9.17, 15) is 4.79 Å². The number of nitrogens with one attached hydrogen (secondary N) is 1. The Kier molecular flexibility index (Phi) is 5.05. The maximum absolute atomic E-state index is 12.4. The Labute approximate surface area is 128 Å². The highest BCUT2D eigenvalue weighted by molar-refractivity contribution is 6.36. The maximum Gasteiger partial charge on any atom is 0.231 e. The zero-order valence-electron chi connectivity index (χ0n) is 11.1. The van der Waals surface area contributed by atoms with E-state index in [2.05, 4.69) is 5.32 Å². The number of carbonyl (C=O) groups is 1. The second kappa shape index (κ2) is 6.78. The molecular weight excluding hydrogens is 293 g/mol. The van der Waals surface area contributed by atoms with Crippen molar-refractivity contribution >= 4 is 34.8 Å². The molecule has 0 saturated carbocycles. The Hall–Kier alpha value is -1.51. The Morgan fingerprint density at radius 1 is 1.15 bits per heavy atom. The molecule has 1 N–H and O–H groups in total. The van der Waals surface area contributed by atoms with Gasteiger partial charge in [0.1, 0.15) is 0 Å². The molecule has 4 heteroatoms. The molecule has 1 atom stereocenters. The van der Waals surface area contributed by atoms with E-state index in [-0.39, 0.29) is 11.8 Å². The molecule has 0 aliphatic carbocycles. The highest BCUT2D eigenvalue weighted by Gasteiger charge is 2.19. The van der Waals surface area contributed by atoms with Gasteiger partial charge in [0, 0.05) is 5.02 Å². The summed E-state index contributed by atoms with van der Waals surface area (Å²) in [7, 11) is 0. The zero-order chi connectivity index (χ0) is 14.5. The minimum Gasteiger partial charge on any atom is -0.324 e. The van der Waals surface area contributed by atoms with Gasteiger partial charge >= 0.3 is 0 Å². The Bertz CT molecular complexity index is 599. The van der Waals surface area contributed by atoms with Crippen molar-refractivity contribution in [1.82, 2.24) is 0 Å². The summed E-state index contributed by atoms with van der Waals surface area (Å²) in [6.45, 7) is 1.99. The van der Waals surface area contributed by atoms with Crippen molar-refractivity contribution < 1.29 is 4.79 Å². The number of amides is 1. The first-order chi connectivity index (χ1) is 9.61. The summed E-state index contributed by atoms with van der Waals surface area (Å²) in [5.41, 5.74) is 1.58.